The van der Waals surface area contributed by atoms with E-state index in [0.717, 1.165) is 12.3 Å². The first-order chi connectivity index (χ1) is 14.4. The zero-order valence-corrected chi connectivity index (χ0v) is 16.9. The van der Waals surface area contributed by atoms with Crippen LogP contribution in [0.3, 0.4) is 0 Å². The molecule has 0 aliphatic heterocycles. The van der Waals surface area contributed by atoms with Gasteiger partial charge in [0.2, 0.25) is 0 Å². The minimum atomic E-state index is -2.98. The first kappa shape index (κ1) is 26.1. The zero-order valence-electron chi connectivity index (χ0n) is 16.9. The largest absolute Gasteiger partial charge is 0.321 e. The summed E-state index contributed by atoms with van der Waals surface area (Å²) < 4.78 is 26.8. The van der Waals surface area contributed by atoms with E-state index in [0.29, 0.717) is 16.8 Å². The summed E-state index contributed by atoms with van der Waals surface area (Å²) in [5.74, 6) is -0.810. The van der Waals surface area contributed by atoms with E-state index in [1.807, 2.05) is 0 Å². The fourth-order valence-electron chi connectivity index (χ4n) is 2.19. The SMILES string of the molecule is C=CC=N/C(=C(\C=C)C(=O)NC(=C/C=C)/C(=C\C=C)C(/C=C\C=C)=C/C=C)C(F)F. The van der Waals surface area contributed by atoms with Crippen molar-refractivity contribution in [1.29, 1.82) is 0 Å². The number of rotatable bonds is 13. The summed E-state index contributed by atoms with van der Waals surface area (Å²) in [7, 11) is 0. The van der Waals surface area contributed by atoms with Gasteiger partial charge in [-0.3, -0.25) is 9.79 Å². The van der Waals surface area contributed by atoms with E-state index in [4.69, 9.17) is 0 Å². The van der Waals surface area contributed by atoms with E-state index in [9.17, 15) is 13.6 Å². The van der Waals surface area contributed by atoms with Gasteiger partial charge in [0.25, 0.3) is 12.3 Å². The molecule has 0 saturated heterocycles. The maximum absolute atomic E-state index is 13.4. The molecule has 0 aliphatic carbocycles. The fraction of sp³-hybridized carbons (Fsp3) is 0.0400. The second-order valence-electron chi connectivity index (χ2n) is 5.36. The Hall–Kier alpha value is -3.86. The average molecular weight is 408 g/mol. The Kier molecular flexibility index (Phi) is 13.2. The molecule has 0 heterocycles. The summed E-state index contributed by atoms with van der Waals surface area (Å²) >= 11 is 0. The molecule has 1 N–H and O–H groups in total. The highest BCUT2D eigenvalue weighted by atomic mass is 19.3. The number of nitrogens with one attached hydrogen (secondary N) is 1. The highest BCUT2D eigenvalue weighted by Gasteiger charge is 2.21. The molecule has 0 spiro atoms. The summed E-state index contributed by atoms with van der Waals surface area (Å²) in [6.45, 7) is 21.5. The van der Waals surface area contributed by atoms with Crippen LogP contribution in [0.25, 0.3) is 0 Å². The van der Waals surface area contributed by atoms with E-state index >= 15 is 0 Å². The molecule has 0 saturated carbocycles. The van der Waals surface area contributed by atoms with Crippen molar-refractivity contribution in [3.8, 4) is 0 Å². The highest BCUT2D eigenvalue weighted by molar-refractivity contribution is 5.99. The van der Waals surface area contributed by atoms with Crippen molar-refractivity contribution >= 4 is 12.1 Å². The van der Waals surface area contributed by atoms with E-state index in [2.05, 4.69) is 49.8 Å². The van der Waals surface area contributed by atoms with Gasteiger partial charge in [-0.05, 0) is 11.6 Å². The van der Waals surface area contributed by atoms with Crippen molar-refractivity contribution in [2.75, 3.05) is 0 Å². The Morgan fingerprint density at radius 3 is 1.97 bits per heavy atom. The maximum Gasteiger partial charge on any atom is 0.281 e. The van der Waals surface area contributed by atoms with E-state index in [1.54, 1.807) is 36.5 Å². The van der Waals surface area contributed by atoms with E-state index in [1.165, 1.54) is 24.3 Å². The van der Waals surface area contributed by atoms with Gasteiger partial charge in [0, 0.05) is 17.5 Å². The lowest BCUT2D eigenvalue weighted by Gasteiger charge is -2.16. The van der Waals surface area contributed by atoms with Crippen LogP contribution >= 0.6 is 0 Å². The number of carbonyl (C=O) groups excluding carboxylic acids is 1. The average Bonchev–Trinajstić information content (AvgIpc) is 2.72. The predicted molar refractivity (Wildman–Crippen MR) is 124 cm³/mol. The van der Waals surface area contributed by atoms with Crippen LogP contribution in [0.1, 0.15) is 0 Å². The van der Waals surface area contributed by atoms with Crippen LogP contribution in [0.4, 0.5) is 8.78 Å². The molecule has 30 heavy (non-hydrogen) atoms. The number of nitrogens with zero attached hydrogens (tertiary/aromatic N) is 1. The van der Waals surface area contributed by atoms with Gasteiger partial charge in [0.15, 0.2) is 0 Å². The molecule has 0 unspecified atom stereocenters. The van der Waals surface area contributed by atoms with Crippen LogP contribution in [0.5, 0.6) is 0 Å². The molecular formula is C25H26F2N2O. The molecule has 1 amide bonds. The summed E-state index contributed by atoms with van der Waals surface area (Å²) in [5, 5.41) is 2.62. The smallest absolute Gasteiger partial charge is 0.281 e. The third kappa shape index (κ3) is 8.44. The first-order valence-corrected chi connectivity index (χ1v) is 8.80. The molecule has 0 bridgehead atoms. The molecular weight excluding hydrogens is 382 g/mol. The number of alkyl halides is 2. The van der Waals surface area contributed by atoms with E-state index in [-0.39, 0.29) is 5.57 Å². The molecule has 0 atom stereocenters. The van der Waals surface area contributed by atoms with E-state index < -0.39 is 18.0 Å². The van der Waals surface area contributed by atoms with Gasteiger partial charge in [-0.2, -0.15) is 0 Å². The van der Waals surface area contributed by atoms with Gasteiger partial charge in [0.05, 0.1) is 5.57 Å². The standard InChI is InChI=1S/C25H26F2N2O/c1-7-13-17-19(14-8-2)21(15-9-3)22(16-10-4)29-25(30)20(12-6)23(24(26)27)28-18-11-5/h7-18,24H,1-6H2,(H,29,30)/b17-13-,19-14+,21-15-,22-16+,23-20+,28-18?. The second-order valence-corrected chi connectivity index (χ2v) is 5.36. The van der Waals surface area contributed by atoms with Gasteiger partial charge in [-0.15, -0.1) is 0 Å². The Balaban J connectivity index is 6.47. The number of allylic oxidation sites excluding steroid dienone is 12. The monoisotopic (exact) mass is 408 g/mol. The van der Waals surface area contributed by atoms with Crippen LogP contribution in [0.2, 0.25) is 0 Å². The third-order valence-corrected chi connectivity index (χ3v) is 3.38. The lowest BCUT2D eigenvalue weighted by Crippen LogP contribution is -2.26. The summed E-state index contributed by atoms with van der Waals surface area (Å²) in [6, 6.07) is 0. The Bertz CT molecular complexity index is 879. The number of carbonyl (C=O) groups is 1. The maximum atomic E-state index is 13.4. The molecule has 0 rings (SSSR count). The quantitative estimate of drug-likeness (QED) is 0.223. The number of halogens is 2. The van der Waals surface area contributed by atoms with Crippen molar-refractivity contribution in [2.24, 2.45) is 4.99 Å². The Labute approximate surface area is 177 Å². The van der Waals surface area contributed by atoms with Crippen LogP contribution in [-0.2, 0) is 4.79 Å². The molecule has 0 aromatic carbocycles. The molecule has 156 valence electrons. The Morgan fingerprint density at radius 2 is 1.50 bits per heavy atom. The number of hydrogen-bond acceptors (Lipinski definition) is 2. The van der Waals surface area contributed by atoms with Crippen molar-refractivity contribution < 1.29 is 13.6 Å². The molecule has 0 aromatic rings. The van der Waals surface area contributed by atoms with Gasteiger partial charge in [0.1, 0.15) is 5.70 Å². The number of aliphatic imine (C=N–C) groups is 1. The van der Waals surface area contributed by atoms with Crippen molar-refractivity contribution in [2.45, 2.75) is 6.43 Å². The van der Waals surface area contributed by atoms with Crippen molar-refractivity contribution in [1.82, 2.24) is 5.32 Å². The summed E-state index contributed by atoms with van der Waals surface area (Å²) in [4.78, 5) is 16.4. The zero-order chi connectivity index (χ0) is 22.9. The van der Waals surface area contributed by atoms with Crippen molar-refractivity contribution in [3.05, 3.63) is 134 Å². The van der Waals surface area contributed by atoms with Crippen LogP contribution in [-0.4, -0.2) is 18.5 Å². The topological polar surface area (TPSA) is 41.5 Å². The lowest BCUT2D eigenvalue weighted by atomic mass is 9.99. The van der Waals surface area contributed by atoms with Gasteiger partial charge < -0.3 is 5.32 Å². The highest BCUT2D eigenvalue weighted by Crippen LogP contribution is 2.22. The lowest BCUT2D eigenvalue weighted by molar-refractivity contribution is -0.116. The molecule has 0 radical (unpaired) electrons. The van der Waals surface area contributed by atoms with Gasteiger partial charge in [-0.1, -0.05) is 100 Å². The molecule has 0 aromatic heterocycles. The first-order valence-electron chi connectivity index (χ1n) is 8.80. The molecule has 0 fully saturated rings. The minimum Gasteiger partial charge on any atom is -0.321 e. The van der Waals surface area contributed by atoms with Crippen LogP contribution in [0, 0.1) is 0 Å². The molecule has 0 aliphatic rings. The van der Waals surface area contributed by atoms with Crippen LogP contribution in [0.15, 0.2) is 139 Å². The molecule has 5 heteroatoms. The summed E-state index contributed by atoms with van der Waals surface area (Å²) in [6.07, 6.45) is 14.8. The normalized spacial score (nSPS) is 13.8. The van der Waals surface area contributed by atoms with Gasteiger partial charge in [-0.25, -0.2) is 8.78 Å². The van der Waals surface area contributed by atoms with Crippen LogP contribution < -0.4 is 5.32 Å². The molecule has 3 nitrogen and oxygen atoms in total. The predicted octanol–water partition coefficient (Wildman–Crippen LogP) is 6.10. The second kappa shape index (κ2) is 15.1. The third-order valence-electron chi connectivity index (χ3n) is 3.38. The fourth-order valence-corrected chi connectivity index (χ4v) is 2.19. The number of hydrogen-bond donors (Lipinski definition) is 1. The Morgan fingerprint density at radius 1 is 0.867 bits per heavy atom. The van der Waals surface area contributed by atoms with Crippen molar-refractivity contribution in [3.63, 3.8) is 0 Å². The van der Waals surface area contributed by atoms with Gasteiger partial charge >= 0.3 is 0 Å². The number of amides is 1. The minimum absolute atomic E-state index is 0.303. The summed E-state index contributed by atoms with van der Waals surface area (Å²) in [5.41, 5.74) is 0.432.